The molecule has 1 aliphatic heterocycles. The van der Waals surface area contributed by atoms with Gasteiger partial charge in [0, 0.05) is 26.2 Å². The fraction of sp³-hybridized carbons (Fsp3) is 0.714. The standard InChI is InChI=1S/C14H23N3O3/c1-16(2)5-6-17-14(13(19-3)9-15-17)12(18)8-11-4-7-20-10-11/h9,11H,4-8,10H2,1-3H3. The summed E-state index contributed by atoms with van der Waals surface area (Å²) in [4.78, 5) is 14.6. The molecule has 1 fully saturated rings. The summed E-state index contributed by atoms with van der Waals surface area (Å²) in [5, 5.41) is 4.27. The first kappa shape index (κ1) is 15.0. The molecule has 1 aliphatic rings. The number of methoxy groups -OCH3 is 1. The summed E-state index contributed by atoms with van der Waals surface area (Å²) < 4.78 is 12.3. The lowest BCUT2D eigenvalue weighted by molar-refractivity contribution is 0.0938. The van der Waals surface area contributed by atoms with Gasteiger partial charge in [-0.25, -0.2) is 0 Å². The van der Waals surface area contributed by atoms with E-state index in [1.54, 1.807) is 18.0 Å². The van der Waals surface area contributed by atoms with Crippen LogP contribution in [0.3, 0.4) is 0 Å². The van der Waals surface area contributed by atoms with E-state index in [1.165, 1.54) is 0 Å². The molecule has 0 radical (unpaired) electrons. The van der Waals surface area contributed by atoms with Gasteiger partial charge >= 0.3 is 0 Å². The van der Waals surface area contributed by atoms with Gasteiger partial charge in [-0.05, 0) is 26.4 Å². The van der Waals surface area contributed by atoms with Crippen molar-refractivity contribution in [3.05, 3.63) is 11.9 Å². The van der Waals surface area contributed by atoms with Gasteiger partial charge in [0.15, 0.2) is 11.5 Å². The average Bonchev–Trinajstić information content (AvgIpc) is 3.04. The van der Waals surface area contributed by atoms with E-state index in [1.807, 2.05) is 14.1 Å². The van der Waals surface area contributed by atoms with Crippen LogP contribution in [0, 0.1) is 5.92 Å². The van der Waals surface area contributed by atoms with Crippen molar-refractivity contribution in [2.24, 2.45) is 5.92 Å². The average molecular weight is 281 g/mol. The number of carbonyl (C=O) groups excluding carboxylic acids is 1. The highest BCUT2D eigenvalue weighted by atomic mass is 16.5. The lowest BCUT2D eigenvalue weighted by Crippen LogP contribution is -2.22. The van der Waals surface area contributed by atoms with Crippen LogP contribution in [0.4, 0.5) is 0 Å². The Morgan fingerprint density at radius 1 is 1.60 bits per heavy atom. The molecule has 2 heterocycles. The molecule has 1 unspecified atom stereocenters. The maximum atomic E-state index is 12.5. The predicted octanol–water partition coefficient (Wildman–Crippen LogP) is 1.06. The summed E-state index contributed by atoms with van der Waals surface area (Å²) in [6.45, 7) is 2.95. The van der Waals surface area contributed by atoms with Crippen molar-refractivity contribution in [3.8, 4) is 5.75 Å². The van der Waals surface area contributed by atoms with Crippen molar-refractivity contribution in [2.45, 2.75) is 19.4 Å². The zero-order valence-corrected chi connectivity index (χ0v) is 12.5. The molecule has 0 N–H and O–H groups in total. The quantitative estimate of drug-likeness (QED) is 0.700. The number of carbonyl (C=O) groups is 1. The number of ether oxygens (including phenoxy) is 2. The summed E-state index contributed by atoms with van der Waals surface area (Å²) in [5.41, 5.74) is 0.584. The molecule has 1 atom stereocenters. The minimum Gasteiger partial charge on any atom is -0.493 e. The monoisotopic (exact) mass is 281 g/mol. The molecule has 0 bridgehead atoms. The molecule has 0 aliphatic carbocycles. The Labute approximate surface area is 119 Å². The zero-order chi connectivity index (χ0) is 14.5. The van der Waals surface area contributed by atoms with E-state index < -0.39 is 0 Å². The van der Waals surface area contributed by atoms with Crippen molar-refractivity contribution in [1.82, 2.24) is 14.7 Å². The molecule has 1 aromatic rings. The van der Waals surface area contributed by atoms with Gasteiger partial charge < -0.3 is 14.4 Å². The Bertz CT molecular complexity index is 451. The van der Waals surface area contributed by atoms with Crippen LogP contribution in [0.1, 0.15) is 23.3 Å². The first-order valence-electron chi connectivity index (χ1n) is 6.97. The zero-order valence-electron chi connectivity index (χ0n) is 12.5. The first-order chi connectivity index (χ1) is 9.61. The lowest BCUT2D eigenvalue weighted by Gasteiger charge is -2.13. The number of aromatic nitrogens is 2. The van der Waals surface area contributed by atoms with E-state index in [9.17, 15) is 4.79 Å². The van der Waals surface area contributed by atoms with Crippen molar-refractivity contribution < 1.29 is 14.3 Å². The molecule has 1 aromatic heterocycles. The molecular formula is C14H23N3O3. The summed E-state index contributed by atoms with van der Waals surface area (Å²) in [5.74, 6) is 0.977. The molecule has 0 amide bonds. The Morgan fingerprint density at radius 3 is 3.00 bits per heavy atom. The number of likely N-dealkylation sites (N-methyl/N-ethyl adjacent to an activating group) is 1. The second-order valence-corrected chi connectivity index (χ2v) is 5.44. The Hall–Kier alpha value is -1.40. The summed E-state index contributed by atoms with van der Waals surface area (Å²) in [6.07, 6.45) is 3.08. The third-order valence-corrected chi connectivity index (χ3v) is 3.55. The third kappa shape index (κ3) is 3.58. The van der Waals surface area contributed by atoms with Crippen molar-refractivity contribution in [3.63, 3.8) is 0 Å². The van der Waals surface area contributed by atoms with Gasteiger partial charge in [0.2, 0.25) is 0 Å². The largest absolute Gasteiger partial charge is 0.493 e. The summed E-state index contributed by atoms with van der Waals surface area (Å²) in [6, 6.07) is 0. The van der Waals surface area contributed by atoms with Crippen LogP contribution in [-0.4, -0.2) is 61.4 Å². The van der Waals surface area contributed by atoms with E-state index in [0.717, 1.165) is 19.6 Å². The van der Waals surface area contributed by atoms with Gasteiger partial charge in [-0.15, -0.1) is 0 Å². The van der Waals surface area contributed by atoms with E-state index in [0.29, 0.717) is 36.9 Å². The fourth-order valence-corrected chi connectivity index (χ4v) is 2.37. The van der Waals surface area contributed by atoms with Crippen LogP contribution >= 0.6 is 0 Å². The van der Waals surface area contributed by atoms with Crippen LogP contribution in [0.5, 0.6) is 5.75 Å². The minimum atomic E-state index is 0.0913. The van der Waals surface area contributed by atoms with Crippen molar-refractivity contribution in [1.29, 1.82) is 0 Å². The van der Waals surface area contributed by atoms with Gasteiger partial charge in [-0.2, -0.15) is 5.10 Å². The van der Waals surface area contributed by atoms with Crippen molar-refractivity contribution in [2.75, 3.05) is 41.0 Å². The highest BCUT2D eigenvalue weighted by Crippen LogP contribution is 2.24. The third-order valence-electron chi connectivity index (χ3n) is 3.55. The summed E-state index contributed by atoms with van der Waals surface area (Å²) >= 11 is 0. The number of nitrogens with zero attached hydrogens (tertiary/aromatic N) is 3. The Balaban J connectivity index is 2.10. The smallest absolute Gasteiger partial charge is 0.185 e. The summed E-state index contributed by atoms with van der Waals surface area (Å²) in [7, 11) is 5.57. The van der Waals surface area contributed by atoms with Gasteiger partial charge in [0.05, 0.1) is 19.9 Å². The molecule has 112 valence electrons. The second-order valence-electron chi connectivity index (χ2n) is 5.44. The maximum Gasteiger partial charge on any atom is 0.185 e. The minimum absolute atomic E-state index is 0.0913. The SMILES string of the molecule is COc1cnn(CCN(C)C)c1C(=O)CC1CCOC1. The molecule has 0 aromatic carbocycles. The van der Waals surface area contributed by atoms with Gasteiger partial charge in [-0.3, -0.25) is 9.48 Å². The number of hydrogen-bond acceptors (Lipinski definition) is 5. The van der Waals surface area contributed by atoms with E-state index in [4.69, 9.17) is 9.47 Å². The van der Waals surface area contributed by atoms with Gasteiger partial charge in [0.1, 0.15) is 5.69 Å². The van der Waals surface area contributed by atoms with Crippen LogP contribution in [0.2, 0.25) is 0 Å². The Kier molecular flexibility index (Phi) is 5.14. The van der Waals surface area contributed by atoms with Crippen LogP contribution in [-0.2, 0) is 11.3 Å². The van der Waals surface area contributed by atoms with E-state index in [-0.39, 0.29) is 5.78 Å². The maximum absolute atomic E-state index is 12.5. The topological polar surface area (TPSA) is 56.6 Å². The van der Waals surface area contributed by atoms with Crippen molar-refractivity contribution >= 4 is 5.78 Å². The number of rotatable bonds is 7. The molecule has 6 heteroatoms. The first-order valence-corrected chi connectivity index (χ1v) is 6.97. The highest BCUT2D eigenvalue weighted by Gasteiger charge is 2.25. The molecular weight excluding hydrogens is 258 g/mol. The fourth-order valence-electron chi connectivity index (χ4n) is 2.37. The molecule has 20 heavy (non-hydrogen) atoms. The number of Topliss-reactive ketones (excluding diaryl/α,β-unsaturated/α-hetero) is 1. The molecule has 0 spiro atoms. The van der Waals surface area contributed by atoms with Crippen LogP contribution in [0.15, 0.2) is 6.20 Å². The Morgan fingerprint density at radius 2 is 2.40 bits per heavy atom. The van der Waals surface area contributed by atoms with Crippen LogP contribution < -0.4 is 4.74 Å². The second kappa shape index (κ2) is 6.85. The molecule has 1 saturated heterocycles. The molecule has 6 nitrogen and oxygen atoms in total. The predicted molar refractivity (Wildman–Crippen MR) is 75.2 cm³/mol. The number of ketones is 1. The normalized spacial score (nSPS) is 18.7. The molecule has 0 saturated carbocycles. The van der Waals surface area contributed by atoms with E-state index >= 15 is 0 Å². The van der Waals surface area contributed by atoms with Gasteiger partial charge in [-0.1, -0.05) is 0 Å². The van der Waals surface area contributed by atoms with Crippen LogP contribution in [0.25, 0.3) is 0 Å². The highest BCUT2D eigenvalue weighted by molar-refractivity contribution is 5.97. The van der Waals surface area contributed by atoms with E-state index in [2.05, 4.69) is 10.00 Å². The van der Waals surface area contributed by atoms with Gasteiger partial charge in [0.25, 0.3) is 0 Å². The lowest BCUT2D eigenvalue weighted by atomic mass is 10.00. The number of hydrogen-bond donors (Lipinski definition) is 0. The molecule has 2 rings (SSSR count).